The molecule has 1 saturated heterocycles. The summed E-state index contributed by atoms with van der Waals surface area (Å²) in [5.74, 6) is 0.397. The van der Waals surface area contributed by atoms with Gasteiger partial charge in [-0.15, -0.1) is 4.40 Å². The number of hydrogen-bond acceptors (Lipinski definition) is 5. The third kappa shape index (κ3) is 3.76. The van der Waals surface area contributed by atoms with Crippen molar-refractivity contribution >= 4 is 21.8 Å². The van der Waals surface area contributed by atoms with Gasteiger partial charge in [-0.05, 0) is 51.0 Å². The van der Waals surface area contributed by atoms with E-state index in [1.807, 2.05) is 43.0 Å². The van der Waals surface area contributed by atoms with Crippen LogP contribution in [-0.4, -0.2) is 48.8 Å². The highest BCUT2D eigenvalue weighted by Crippen LogP contribution is 2.29. The van der Waals surface area contributed by atoms with E-state index in [2.05, 4.69) is 9.39 Å². The van der Waals surface area contributed by atoms with E-state index in [0.29, 0.717) is 42.8 Å². The quantitative estimate of drug-likeness (QED) is 0.758. The van der Waals surface area contributed by atoms with Crippen LogP contribution < -0.4 is 5.49 Å². The molecule has 0 saturated carbocycles. The Morgan fingerprint density at radius 3 is 2.52 bits per heavy atom. The highest BCUT2D eigenvalue weighted by Gasteiger charge is 2.34. The summed E-state index contributed by atoms with van der Waals surface area (Å²) in [5.41, 5.74) is 1.31. The van der Waals surface area contributed by atoms with Crippen LogP contribution >= 0.6 is 0 Å². The summed E-state index contributed by atoms with van der Waals surface area (Å²) in [4.78, 5) is 19.9. The first-order valence-corrected chi connectivity index (χ1v) is 11.3. The Hall–Kier alpha value is -2.74. The maximum Gasteiger partial charge on any atom is 0.285 e. The Kier molecular flexibility index (Phi) is 5.12. The van der Waals surface area contributed by atoms with Gasteiger partial charge in [-0.1, -0.05) is 18.2 Å². The molecule has 0 N–H and O–H groups in total. The molecule has 0 radical (unpaired) electrons. The smallest absolute Gasteiger partial charge is 0.285 e. The number of aromatic nitrogens is 1. The first-order valence-electron chi connectivity index (χ1n) is 9.82. The van der Waals surface area contributed by atoms with Gasteiger partial charge in [-0.25, -0.2) is 0 Å². The molecule has 0 amide bonds. The largest absolute Gasteiger partial charge is 0.355 e. The molecule has 1 aromatic heterocycles. The number of nitrogens with zero attached hydrogens (tertiary/aromatic N) is 4. The molecule has 2 aliphatic rings. The molecular formula is C21H24N4O3S. The van der Waals surface area contributed by atoms with Crippen LogP contribution in [0.1, 0.15) is 37.0 Å². The number of fused-ring (bicyclic) bond motifs is 1. The minimum atomic E-state index is -3.63. The number of benzene rings is 1. The average Bonchev–Trinajstić information content (AvgIpc) is 2.99. The molecule has 3 heterocycles. The molecule has 0 spiro atoms. The van der Waals surface area contributed by atoms with Crippen molar-refractivity contribution in [2.45, 2.75) is 37.6 Å². The number of rotatable bonds is 2. The van der Waals surface area contributed by atoms with Crippen LogP contribution in [0.15, 0.2) is 62.9 Å². The molecule has 7 nitrogen and oxygen atoms in total. The van der Waals surface area contributed by atoms with Gasteiger partial charge in [0.25, 0.3) is 10.0 Å². The number of hydrogen-bond donors (Lipinski definition) is 0. The first kappa shape index (κ1) is 19.6. The van der Waals surface area contributed by atoms with Crippen LogP contribution in [0.3, 0.4) is 0 Å². The summed E-state index contributed by atoms with van der Waals surface area (Å²) in [5, 5.41) is 0. The van der Waals surface area contributed by atoms with Crippen molar-refractivity contribution in [2.75, 3.05) is 13.1 Å². The molecule has 0 aliphatic carbocycles. The van der Waals surface area contributed by atoms with Gasteiger partial charge >= 0.3 is 0 Å². The number of carbonyl (C=O) groups is 1. The van der Waals surface area contributed by atoms with Crippen LogP contribution in [0.2, 0.25) is 0 Å². The molecule has 2 aromatic rings. The maximum absolute atomic E-state index is 13.1. The van der Waals surface area contributed by atoms with Crippen molar-refractivity contribution in [2.24, 2.45) is 15.3 Å². The fourth-order valence-corrected chi connectivity index (χ4v) is 5.07. The van der Waals surface area contributed by atoms with Gasteiger partial charge in [0.15, 0.2) is 5.84 Å². The van der Waals surface area contributed by atoms with Gasteiger partial charge in [-0.3, -0.25) is 14.4 Å². The number of pyridine rings is 1. The molecule has 4 rings (SSSR count). The number of carbonyl (C=O) groups excluding carboxylic acids is 1. The van der Waals surface area contributed by atoms with Crippen molar-refractivity contribution < 1.29 is 13.2 Å². The standard InChI is InChI=1S/C21H24N4O3S/c1-15(2)22-19-9-5-6-12-25(19)21(26)16-10-13-24(14-11-16)20-17-7-3-4-8-18(17)29(27,28)23-20/h3-9,12,15-16H,10-11,13-14H2,1-2H3. The SMILES string of the molecule is CC(C)N=c1ccccn1C(=O)C1CCN(C2=NS(=O)(=O)c3ccccc32)CC1. The van der Waals surface area contributed by atoms with Crippen LogP contribution in [-0.2, 0) is 10.0 Å². The van der Waals surface area contributed by atoms with Crippen LogP contribution in [0.5, 0.6) is 0 Å². The molecule has 8 heteroatoms. The Morgan fingerprint density at radius 2 is 1.79 bits per heavy atom. The Morgan fingerprint density at radius 1 is 1.10 bits per heavy atom. The number of amidine groups is 1. The van der Waals surface area contributed by atoms with E-state index in [1.54, 1.807) is 29.0 Å². The van der Waals surface area contributed by atoms with Crippen molar-refractivity contribution in [1.82, 2.24) is 9.47 Å². The molecule has 152 valence electrons. The third-order valence-electron chi connectivity index (χ3n) is 5.22. The van der Waals surface area contributed by atoms with Gasteiger partial charge in [0.1, 0.15) is 10.4 Å². The predicted molar refractivity (Wildman–Crippen MR) is 110 cm³/mol. The number of likely N-dealkylation sites (tertiary alicyclic amines) is 1. The zero-order valence-electron chi connectivity index (χ0n) is 16.5. The Bertz CT molecular complexity index is 1140. The highest BCUT2D eigenvalue weighted by atomic mass is 32.2. The van der Waals surface area contributed by atoms with E-state index >= 15 is 0 Å². The lowest BCUT2D eigenvalue weighted by Gasteiger charge is -2.32. The van der Waals surface area contributed by atoms with Crippen LogP contribution in [0.25, 0.3) is 0 Å². The minimum Gasteiger partial charge on any atom is -0.355 e. The number of sulfonamides is 1. The second-order valence-corrected chi connectivity index (χ2v) is 9.21. The third-order valence-corrected chi connectivity index (χ3v) is 6.55. The topological polar surface area (TPSA) is 84.1 Å². The summed E-state index contributed by atoms with van der Waals surface area (Å²) in [7, 11) is -3.63. The normalized spacial score (nSPS) is 19.3. The van der Waals surface area contributed by atoms with Gasteiger partial charge in [-0.2, -0.15) is 8.42 Å². The Labute approximate surface area is 170 Å². The van der Waals surface area contributed by atoms with Crippen molar-refractivity contribution in [3.63, 3.8) is 0 Å². The molecule has 1 aromatic carbocycles. The van der Waals surface area contributed by atoms with E-state index in [9.17, 15) is 13.2 Å². The van der Waals surface area contributed by atoms with Gasteiger partial charge in [0.2, 0.25) is 5.91 Å². The van der Waals surface area contributed by atoms with Gasteiger partial charge < -0.3 is 4.90 Å². The molecular weight excluding hydrogens is 388 g/mol. The fourth-order valence-electron chi connectivity index (χ4n) is 3.84. The zero-order chi connectivity index (χ0) is 20.6. The summed E-state index contributed by atoms with van der Waals surface area (Å²) in [6, 6.07) is 12.6. The monoisotopic (exact) mass is 412 g/mol. The van der Waals surface area contributed by atoms with E-state index in [-0.39, 0.29) is 22.8 Å². The van der Waals surface area contributed by atoms with E-state index in [0.717, 1.165) is 0 Å². The Balaban J connectivity index is 1.52. The zero-order valence-corrected chi connectivity index (χ0v) is 17.3. The second kappa shape index (κ2) is 7.59. The predicted octanol–water partition coefficient (Wildman–Crippen LogP) is 2.30. The maximum atomic E-state index is 13.1. The van der Waals surface area contributed by atoms with Crippen molar-refractivity contribution in [3.8, 4) is 0 Å². The van der Waals surface area contributed by atoms with E-state index in [1.165, 1.54) is 0 Å². The highest BCUT2D eigenvalue weighted by molar-refractivity contribution is 7.90. The summed E-state index contributed by atoms with van der Waals surface area (Å²) in [6.45, 7) is 5.13. The van der Waals surface area contributed by atoms with Gasteiger partial charge in [0, 0.05) is 36.8 Å². The van der Waals surface area contributed by atoms with E-state index < -0.39 is 10.0 Å². The molecule has 0 unspecified atom stereocenters. The minimum absolute atomic E-state index is 0.0334. The average molecular weight is 413 g/mol. The molecule has 0 bridgehead atoms. The molecule has 1 fully saturated rings. The lowest BCUT2D eigenvalue weighted by molar-refractivity contribution is 0.0778. The van der Waals surface area contributed by atoms with Gasteiger partial charge in [0.05, 0.1) is 0 Å². The summed E-state index contributed by atoms with van der Waals surface area (Å²) < 4.78 is 30.2. The first-order chi connectivity index (χ1) is 13.9. The van der Waals surface area contributed by atoms with Crippen molar-refractivity contribution in [1.29, 1.82) is 0 Å². The lowest BCUT2D eigenvalue weighted by atomic mass is 9.95. The molecule has 0 atom stereocenters. The fraction of sp³-hybridized carbons (Fsp3) is 0.381. The molecule has 2 aliphatic heterocycles. The van der Waals surface area contributed by atoms with Crippen LogP contribution in [0, 0.1) is 5.92 Å². The number of piperidine rings is 1. The second-order valence-electron chi connectivity index (χ2n) is 7.64. The summed E-state index contributed by atoms with van der Waals surface area (Å²) in [6.07, 6.45) is 3.05. The van der Waals surface area contributed by atoms with Crippen molar-refractivity contribution in [3.05, 3.63) is 59.7 Å². The lowest BCUT2D eigenvalue weighted by Crippen LogP contribution is -2.42. The summed E-state index contributed by atoms with van der Waals surface area (Å²) >= 11 is 0. The van der Waals surface area contributed by atoms with E-state index in [4.69, 9.17) is 0 Å². The van der Waals surface area contributed by atoms with Crippen LogP contribution in [0.4, 0.5) is 0 Å². The molecule has 29 heavy (non-hydrogen) atoms.